The molecular weight excluding hydrogens is 402 g/mol. The van der Waals surface area contributed by atoms with Crippen LogP contribution in [0.4, 0.5) is 0 Å². The summed E-state index contributed by atoms with van der Waals surface area (Å²) in [7, 11) is 4.04. The van der Waals surface area contributed by atoms with Crippen LogP contribution in [-0.2, 0) is 0 Å². The van der Waals surface area contributed by atoms with Crippen molar-refractivity contribution >= 4 is 28.6 Å². The highest BCUT2D eigenvalue weighted by Gasteiger charge is 2.29. The van der Waals surface area contributed by atoms with Crippen molar-refractivity contribution in [3.63, 3.8) is 0 Å². The molecular formula is C22H22ClN5S. The van der Waals surface area contributed by atoms with Crippen molar-refractivity contribution in [2.45, 2.75) is 26.8 Å². The Kier molecular flexibility index (Phi) is 5.30. The topological polar surface area (TPSA) is 46.3 Å². The standard InChI is InChI=1S/C22H22ClN5S/c1-13-18(7-6-12-27(4)5)29-22-19(13)20(16-8-10-17(23)11-9-16)24-14(2)21-26-25-15(3)28(21)22/h8-11,14H,12H2,1-5H3/t14-/m0/s1. The predicted molar refractivity (Wildman–Crippen MR) is 120 cm³/mol. The van der Waals surface area contributed by atoms with Crippen LogP contribution in [0.5, 0.6) is 0 Å². The highest BCUT2D eigenvalue weighted by Crippen LogP contribution is 2.38. The van der Waals surface area contributed by atoms with Gasteiger partial charge >= 0.3 is 0 Å². The highest BCUT2D eigenvalue weighted by atomic mass is 35.5. The van der Waals surface area contributed by atoms with E-state index < -0.39 is 0 Å². The maximum absolute atomic E-state index is 6.12. The van der Waals surface area contributed by atoms with Crippen LogP contribution in [0.25, 0.3) is 5.00 Å². The van der Waals surface area contributed by atoms with Gasteiger partial charge in [-0.15, -0.1) is 21.5 Å². The SMILES string of the molecule is Cc1c(C#CCN(C)C)sc2c1C(c1ccc(Cl)cc1)=N[C@@H](C)c1nnc(C)n1-2. The minimum absolute atomic E-state index is 0.107. The van der Waals surface area contributed by atoms with Crippen LogP contribution in [0.1, 0.15) is 46.2 Å². The summed E-state index contributed by atoms with van der Waals surface area (Å²) < 4.78 is 2.13. The third kappa shape index (κ3) is 3.62. The summed E-state index contributed by atoms with van der Waals surface area (Å²) in [6.07, 6.45) is 0. The molecule has 3 aromatic rings. The third-order valence-corrected chi connectivity index (χ3v) is 6.27. The maximum Gasteiger partial charge on any atom is 0.162 e. The zero-order chi connectivity index (χ0) is 20.7. The Morgan fingerprint density at radius 2 is 1.90 bits per heavy atom. The Labute approximate surface area is 180 Å². The number of fused-ring (bicyclic) bond motifs is 3. The van der Waals surface area contributed by atoms with Gasteiger partial charge in [-0.05, 0) is 52.6 Å². The van der Waals surface area contributed by atoms with Crippen LogP contribution in [0.15, 0.2) is 29.3 Å². The predicted octanol–water partition coefficient (Wildman–Crippen LogP) is 4.42. The van der Waals surface area contributed by atoms with E-state index in [1.54, 1.807) is 11.3 Å². The summed E-state index contributed by atoms with van der Waals surface area (Å²) in [5.41, 5.74) is 4.22. The first-order valence-corrected chi connectivity index (χ1v) is 10.6. The summed E-state index contributed by atoms with van der Waals surface area (Å²) in [6.45, 7) is 6.87. The summed E-state index contributed by atoms with van der Waals surface area (Å²) in [6, 6.07) is 7.74. The van der Waals surface area contributed by atoms with E-state index in [9.17, 15) is 0 Å². The van der Waals surface area contributed by atoms with Crippen molar-refractivity contribution in [1.29, 1.82) is 0 Å². The minimum Gasteiger partial charge on any atom is -0.299 e. The molecule has 0 fully saturated rings. The van der Waals surface area contributed by atoms with Gasteiger partial charge < -0.3 is 0 Å². The molecule has 5 nitrogen and oxygen atoms in total. The summed E-state index contributed by atoms with van der Waals surface area (Å²) in [5.74, 6) is 8.32. The highest BCUT2D eigenvalue weighted by molar-refractivity contribution is 7.15. The maximum atomic E-state index is 6.12. The van der Waals surface area contributed by atoms with Gasteiger partial charge in [-0.2, -0.15) is 0 Å². The summed E-state index contributed by atoms with van der Waals surface area (Å²) in [4.78, 5) is 8.16. The normalized spacial score (nSPS) is 15.3. The molecule has 0 unspecified atom stereocenters. The molecule has 29 heavy (non-hydrogen) atoms. The fourth-order valence-electron chi connectivity index (χ4n) is 3.37. The Morgan fingerprint density at radius 1 is 1.17 bits per heavy atom. The third-order valence-electron chi connectivity index (χ3n) is 4.83. The Balaban J connectivity index is 1.96. The number of aromatic nitrogens is 3. The Morgan fingerprint density at radius 3 is 2.59 bits per heavy atom. The quantitative estimate of drug-likeness (QED) is 0.573. The molecule has 4 rings (SSSR count). The number of halogens is 1. The molecule has 0 N–H and O–H groups in total. The van der Waals surface area contributed by atoms with Crippen molar-refractivity contribution in [2.24, 2.45) is 4.99 Å². The molecule has 0 bridgehead atoms. The van der Waals surface area contributed by atoms with E-state index in [-0.39, 0.29) is 6.04 Å². The molecule has 2 aromatic heterocycles. The van der Waals surface area contributed by atoms with E-state index >= 15 is 0 Å². The first kappa shape index (κ1) is 19.8. The lowest BCUT2D eigenvalue weighted by atomic mass is 9.99. The first-order chi connectivity index (χ1) is 13.9. The molecule has 0 spiro atoms. The monoisotopic (exact) mass is 423 g/mol. The van der Waals surface area contributed by atoms with E-state index in [1.165, 1.54) is 0 Å². The number of thiophene rings is 1. The number of hydrogen-bond donors (Lipinski definition) is 0. The average molecular weight is 424 g/mol. The van der Waals surface area contributed by atoms with E-state index in [1.807, 2.05) is 45.3 Å². The van der Waals surface area contributed by atoms with Gasteiger partial charge in [0.1, 0.15) is 16.9 Å². The van der Waals surface area contributed by atoms with Crippen molar-refractivity contribution in [3.05, 3.63) is 62.5 Å². The van der Waals surface area contributed by atoms with Gasteiger partial charge in [0.15, 0.2) is 5.82 Å². The van der Waals surface area contributed by atoms with Crippen molar-refractivity contribution in [3.8, 4) is 16.8 Å². The number of aliphatic imine (C=N–C) groups is 1. The molecule has 1 aliphatic heterocycles. The Hall–Kier alpha value is -2.46. The molecule has 3 heterocycles. The van der Waals surface area contributed by atoms with Crippen LogP contribution >= 0.6 is 22.9 Å². The lowest BCUT2D eigenvalue weighted by Crippen LogP contribution is -2.10. The molecule has 148 valence electrons. The van der Waals surface area contributed by atoms with Crippen LogP contribution in [0, 0.1) is 25.7 Å². The fourth-order valence-corrected chi connectivity index (χ4v) is 4.74. The summed E-state index contributed by atoms with van der Waals surface area (Å²) >= 11 is 7.80. The van der Waals surface area contributed by atoms with Crippen LogP contribution in [-0.4, -0.2) is 46.0 Å². The second-order valence-corrected chi connectivity index (χ2v) is 8.81. The number of nitrogens with zero attached hydrogens (tertiary/aromatic N) is 5. The molecule has 0 aliphatic carbocycles. The lowest BCUT2D eigenvalue weighted by molar-refractivity contribution is 0.464. The fraction of sp³-hybridized carbons (Fsp3) is 0.318. The molecule has 1 aromatic carbocycles. The largest absolute Gasteiger partial charge is 0.299 e. The smallest absolute Gasteiger partial charge is 0.162 e. The van der Waals surface area contributed by atoms with Crippen molar-refractivity contribution < 1.29 is 0 Å². The van der Waals surface area contributed by atoms with E-state index in [0.29, 0.717) is 11.6 Å². The zero-order valence-corrected chi connectivity index (χ0v) is 18.7. The van der Waals surface area contributed by atoms with Crippen LogP contribution in [0.3, 0.4) is 0 Å². The van der Waals surface area contributed by atoms with Gasteiger partial charge in [0.25, 0.3) is 0 Å². The zero-order valence-electron chi connectivity index (χ0n) is 17.1. The van der Waals surface area contributed by atoms with Gasteiger partial charge in [0.2, 0.25) is 0 Å². The lowest BCUT2D eigenvalue weighted by Gasteiger charge is -2.09. The molecule has 0 saturated heterocycles. The molecule has 1 atom stereocenters. The second-order valence-electron chi connectivity index (χ2n) is 7.38. The van der Waals surface area contributed by atoms with Gasteiger partial charge in [0.05, 0.1) is 17.1 Å². The van der Waals surface area contributed by atoms with Gasteiger partial charge in [-0.3, -0.25) is 14.5 Å². The summed E-state index contributed by atoms with van der Waals surface area (Å²) in [5, 5.41) is 10.5. The molecule has 0 saturated carbocycles. The minimum atomic E-state index is -0.107. The van der Waals surface area contributed by atoms with Gasteiger partial charge in [-0.1, -0.05) is 35.6 Å². The number of aryl methyl sites for hydroxylation is 1. The van der Waals surface area contributed by atoms with Crippen molar-refractivity contribution in [1.82, 2.24) is 19.7 Å². The molecule has 0 radical (unpaired) electrons. The number of rotatable bonds is 2. The average Bonchev–Trinajstić information content (AvgIpc) is 3.17. The second kappa shape index (κ2) is 7.75. The van der Waals surface area contributed by atoms with Gasteiger partial charge in [-0.25, -0.2) is 0 Å². The van der Waals surface area contributed by atoms with E-state index in [0.717, 1.165) is 43.9 Å². The van der Waals surface area contributed by atoms with Gasteiger partial charge in [0, 0.05) is 16.1 Å². The first-order valence-electron chi connectivity index (χ1n) is 9.40. The number of benzene rings is 1. The van der Waals surface area contributed by atoms with Crippen LogP contribution in [0.2, 0.25) is 5.02 Å². The Bertz CT molecular complexity index is 1160. The molecule has 0 amide bonds. The van der Waals surface area contributed by atoms with Crippen molar-refractivity contribution in [2.75, 3.05) is 20.6 Å². The number of hydrogen-bond acceptors (Lipinski definition) is 5. The molecule has 7 heteroatoms. The van der Waals surface area contributed by atoms with E-state index in [2.05, 4.69) is 45.4 Å². The van der Waals surface area contributed by atoms with Crippen LogP contribution < -0.4 is 0 Å². The van der Waals surface area contributed by atoms with E-state index in [4.69, 9.17) is 16.6 Å². The molecule has 1 aliphatic rings.